The van der Waals surface area contributed by atoms with Crippen LogP contribution in [0.1, 0.15) is 12.5 Å². The van der Waals surface area contributed by atoms with Crippen molar-refractivity contribution in [2.24, 2.45) is 0 Å². The lowest BCUT2D eigenvalue weighted by Crippen LogP contribution is -1.88. The lowest BCUT2D eigenvalue weighted by molar-refractivity contribution is 0.386. The predicted molar refractivity (Wildman–Crippen MR) is 57.3 cm³/mol. The molecular weight excluding hydrogens is 203 g/mol. The first-order valence-corrected chi connectivity index (χ1v) is 4.77. The lowest BCUT2D eigenvalue weighted by Gasteiger charge is -2.02. The summed E-state index contributed by atoms with van der Waals surface area (Å²) in [5.41, 5.74) is 1.79. The van der Waals surface area contributed by atoms with E-state index in [1.807, 2.05) is 13.0 Å². The highest BCUT2D eigenvalue weighted by Gasteiger charge is 2.01. The summed E-state index contributed by atoms with van der Waals surface area (Å²) in [5, 5.41) is 0. The summed E-state index contributed by atoms with van der Waals surface area (Å²) in [6.07, 6.45) is 1.84. The molecule has 14 heavy (non-hydrogen) atoms. The van der Waals surface area contributed by atoms with Gasteiger partial charge in [-0.3, -0.25) is 0 Å². The quantitative estimate of drug-likeness (QED) is 0.700. The molecule has 0 aliphatic heterocycles. The molecule has 1 aromatic rings. The fourth-order valence-corrected chi connectivity index (χ4v) is 1.17. The Kier molecular flexibility index (Phi) is 3.96. The maximum absolute atomic E-state index is 13.2. The number of rotatable bonds is 3. The molecule has 3 heteroatoms. The molecule has 0 atom stereocenters. The monoisotopic (exact) mass is 214 g/mol. The zero-order valence-corrected chi connectivity index (χ0v) is 8.94. The van der Waals surface area contributed by atoms with Crippen LogP contribution in [0.4, 0.5) is 4.39 Å². The van der Waals surface area contributed by atoms with Gasteiger partial charge in [-0.2, -0.15) is 0 Å². The van der Waals surface area contributed by atoms with Gasteiger partial charge in [-0.15, -0.1) is 11.6 Å². The molecule has 1 aromatic carbocycles. The van der Waals surface area contributed by atoms with Gasteiger partial charge in [-0.05, 0) is 24.6 Å². The minimum Gasteiger partial charge on any atom is -0.494 e. The molecule has 0 saturated heterocycles. The van der Waals surface area contributed by atoms with Gasteiger partial charge in [0.25, 0.3) is 0 Å². The van der Waals surface area contributed by atoms with Crippen LogP contribution in [0.3, 0.4) is 0 Å². The van der Waals surface area contributed by atoms with E-state index in [1.165, 1.54) is 13.2 Å². The molecule has 0 bridgehead atoms. The Morgan fingerprint density at radius 1 is 1.57 bits per heavy atom. The molecule has 0 heterocycles. The SMILES string of the molecule is COc1ccc(/C=C(/C)CCl)cc1F. The predicted octanol–water partition coefficient (Wildman–Crippen LogP) is 3.48. The van der Waals surface area contributed by atoms with Gasteiger partial charge in [0.05, 0.1) is 7.11 Å². The van der Waals surface area contributed by atoms with Crippen molar-refractivity contribution in [3.8, 4) is 5.75 Å². The fourth-order valence-electron chi connectivity index (χ4n) is 1.10. The second kappa shape index (κ2) is 5.01. The summed E-state index contributed by atoms with van der Waals surface area (Å²) >= 11 is 5.61. The largest absolute Gasteiger partial charge is 0.494 e. The topological polar surface area (TPSA) is 9.23 Å². The summed E-state index contributed by atoms with van der Waals surface area (Å²) in [4.78, 5) is 0. The third kappa shape index (κ3) is 2.74. The van der Waals surface area contributed by atoms with Crippen LogP contribution in [0.5, 0.6) is 5.75 Å². The average molecular weight is 215 g/mol. The van der Waals surface area contributed by atoms with Crippen LogP contribution in [-0.2, 0) is 0 Å². The zero-order valence-electron chi connectivity index (χ0n) is 8.18. The van der Waals surface area contributed by atoms with E-state index in [9.17, 15) is 4.39 Å². The number of hydrogen-bond acceptors (Lipinski definition) is 1. The van der Waals surface area contributed by atoms with Gasteiger partial charge < -0.3 is 4.74 Å². The van der Waals surface area contributed by atoms with E-state index in [0.29, 0.717) is 5.88 Å². The molecule has 0 radical (unpaired) electrons. The maximum atomic E-state index is 13.2. The van der Waals surface area contributed by atoms with Crippen LogP contribution in [0.15, 0.2) is 23.8 Å². The van der Waals surface area contributed by atoms with Crippen molar-refractivity contribution in [2.75, 3.05) is 13.0 Å². The minimum absolute atomic E-state index is 0.255. The summed E-state index contributed by atoms with van der Waals surface area (Å²) in [5.74, 6) is 0.350. The van der Waals surface area contributed by atoms with Gasteiger partial charge in [-0.25, -0.2) is 4.39 Å². The molecule has 0 spiro atoms. The first-order chi connectivity index (χ1) is 6.67. The normalized spacial score (nSPS) is 11.6. The number of benzene rings is 1. The Labute approximate surface area is 88.1 Å². The number of methoxy groups -OCH3 is 1. The molecule has 0 amide bonds. The standard InChI is InChI=1S/C11H12ClFO/c1-8(7-12)5-9-3-4-11(14-2)10(13)6-9/h3-6H,7H2,1-2H3/b8-5-. The van der Waals surface area contributed by atoms with Crippen LogP contribution in [-0.4, -0.2) is 13.0 Å². The highest BCUT2D eigenvalue weighted by molar-refractivity contribution is 6.19. The van der Waals surface area contributed by atoms with E-state index in [-0.39, 0.29) is 11.6 Å². The summed E-state index contributed by atoms with van der Waals surface area (Å²) < 4.78 is 18.0. The maximum Gasteiger partial charge on any atom is 0.165 e. The molecule has 0 saturated carbocycles. The van der Waals surface area contributed by atoms with E-state index in [1.54, 1.807) is 12.1 Å². The van der Waals surface area contributed by atoms with Crippen molar-refractivity contribution in [1.29, 1.82) is 0 Å². The third-order valence-electron chi connectivity index (χ3n) is 1.80. The van der Waals surface area contributed by atoms with Crippen molar-refractivity contribution in [3.63, 3.8) is 0 Å². The Bertz CT molecular complexity index is 347. The molecular formula is C11H12ClFO. The summed E-state index contributed by atoms with van der Waals surface area (Å²) in [7, 11) is 1.44. The van der Waals surface area contributed by atoms with Crippen LogP contribution in [0.25, 0.3) is 6.08 Å². The number of allylic oxidation sites excluding steroid dienone is 1. The van der Waals surface area contributed by atoms with Crippen LogP contribution >= 0.6 is 11.6 Å². The van der Waals surface area contributed by atoms with Crippen molar-refractivity contribution >= 4 is 17.7 Å². The smallest absolute Gasteiger partial charge is 0.165 e. The lowest BCUT2D eigenvalue weighted by atomic mass is 10.1. The first kappa shape index (κ1) is 11.1. The van der Waals surface area contributed by atoms with Crippen LogP contribution < -0.4 is 4.74 Å². The van der Waals surface area contributed by atoms with Crippen LogP contribution in [0, 0.1) is 5.82 Å². The van der Waals surface area contributed by atoms with Gasteiger partial charge in [0, 0.05) is 5.88 Å². The average Bonchev–Trinajstić information content (AvgIpc) is 2.18. The number of alkyl halides is 1. The van der Waals surface area contributed by atoms with E-state index >= 15 is 0 Å². The van der Waals surface area contributed by atoms with E-state index in [2.05, 4.69) is 0 Å². The molecule has 0 aromatic heterocycles. The Balaban J connectivity index is 2.97. The number of ether oxygens (including phenoxy) is 1. The van der Waals surface area contributed by atoms with Gasteiger partial charge in [0.2, 0.25) is 0 Å². The second-order valence-corrected chi connectivity index (χ2v) is 3.29. The molecule has 76 valence electrons. The Morgan fingerprint density at radius 2 is 2.29 bits per heavy atom. The minimum atomic E-state index is -0.358. The molecule has 1 rings (SSSR count). The van der Waals surface area contributed by atoms with Crippen molar-refractivity contribution < 1.29 is 9.13 Å². The van der Waals surface area contributed by atoms with E-state index in [0.717, 1.165) is 11.1 Å². The molecule has 0 aliphatic carbocycles. The van der Waals surface area contributed by atoms with Gasteiger partial charge >= 0.3 is 0 Å². The van der Waals surface area contributed by atoms with E-state index in [4.69, 9.17) is 16.3 Å². The third-order valence-corrected chi connectivity index (χ3v) is 2.22. The van der Waals surface area contributed by atoms with Gasteiger partial charge in [0.15, 0.2) is 11.6 Å². The molecule has 0 unspecified atom stereocenters. The summed E-state index contributed by atoms with van der Waals surface area (Å²) in [6, 6.07) is 4.82. The molecule has 0 fully saturated rings. The Hall–Kier alpha value is -1.02. The fraction of sp³-hybridized carbons (Fsp3) is 0.273. The molecule has 0 N–H and O–H groups in total. The van der Waals surface area contributed by atoms with Crippen molar-refractivity contribution in [2.45, 2.75) is 6.92 Å². The van der Waals surface area contributed by atoms with Crippen molar-refractivity contribution in [1.82, 2.24) is 0 Å². The number of hydrogen-bond donors (Lipinski definition) is 0. The van der Waals surface area contributed by atoms with E-state index < -0.39 is 0 Å². The highest BCUT2D eigenvalue weighted by atomic mass is 35.5. The highest BCUT2D eigenvalue weighted by Crippen LogP contribution is 2.19. The second-order valence-electron chi connectivity index (χ2n) is 3.02. The zero-order chi connectivity index (χ0) is 10.6. The molecule has 0 aliphatic rings. The molecule has 1 nitrogen and oxygen atoms in total. The summed E-state index contributed by atoms with van der Waals surface area (Å²) in [6.45, 7) is 1.90. The van der Waals surface area contributed by atoms with Gasteiger partial charge in [-0.1, -0.05) is 17.7 Å². The van der Waals surface area contributed by atoms with Gasteiger partial charge in [0.1, 0.15) is 0 Å². The van der Waals surface area contributed by atoms with Crippen molar-refractivity contribution in [3.05, 3.63) is 35.2 Å². The Morgan fingerprint density at radius 3 is 2.79 bits per heavy atom. The first-order valence-electron chi connectivity index (χ1n) is 4.24. The number of halogens is 2. The van der Waals surface area contributed by atoms with Crippen LogP contribution in [0.2, 0.25) is 0 Å².